The minimum absolute atomic E-state index is 0.00214. The SMILES string of the molecule is CC(Sc1nc2ncccn2n1)c1cccc([N+](=O)[O-])c1. The molecule has 1 atom stereocenters. The Kier molecular flexibility index (Phi) is 3.53. The Morgan fingerprint density at radius 3 is 3.00 bits per heavy atom. The van der Waals surface area contributed by atoms with Crippen LogP contribution in [-0.4, -0.2) is 24.5 Å². The summed E-state index contributed by atoms with van der Waals surface area (Å²) in [5.41, 5.74) is 0.950. The lowest BCUT2D eigenvalue weighted by Crippen LogP contribution is -1.93. The van der Waals surface area contributed by atoms with Gasteiger partial charge < -0.3 is 0 Å². The monoisotopic (exact) mass is 301 g/mol. The number of hydrogen-bond acceptors (Lipinski definition) is 6. The fraction of sp³-hybridized carbons (Fsp3) is 0.154. The molecule has 3 rings (SSSR count). The number of hydrogen-bond donors (Lipinski definition) is 0. The minimum atomic E-state index is -0.395. The number of benzene rings is 1. The Labute approximate surface area is 124 Å². The van der Waals surface area contributed by atoms with Crippen LogP contribution in [0.25, 0.3) is 5.78 Å². The molecule has 0 bridgehead atoms. The van der Waals surface area contributed by atoms with Crippen LogP contribution >= 0.6 is 11.8 Å². The smallest absolute Gasteiger partial charge is 0.258 e. The van der Waals surface area contributed by atoms with Crippen LogP contribution in [0.1, 0.15) is 17.7 Å². The molecule has 0 fully saturated rings. The van der Waals surface area contributed by atoms with Crippen molar-refractivity contribution in [3.05, 3.63) is 58.4 Å². The van der Waals surface area contributed by atoms with Crippen LogP contribution in [0.3, 0.4) is 0 Å². The molecule has 0 radical (unpaired) electrons. The minimum Gasteiger partial charge on any atom is -0.258 e. The number of thioether (sulfide) groups is 1. The van der Waals surface area contributed by atoms with E-state index in [1.165, 1.54) is 17.8 Å². The maximum absolute atomic E-state index is 10.8. The summed E-state index contributed by atoms with van der Waals surface area (Å²) >= 11 is 1.44. The van der Waals surface area contributed by atoms with Crippen molar-refractivity contribution in [3.8, 4) is 0 Å². The summed E-state index contributed by atoms with van der Waals surface area (Å²) < 4.78 is 1.60. The molecule has 0 spiro atoms. The maximum Gasteiger partial charge on any atom is 0.269 e. The van der Waals surface area contributed by atoms with Gasteiger partial charge in [-0.2, -0.15) is 4.98 Å². The molecular formula is C13H11N5O2S. The van der Waals surface area contributed by atoms with Gasteiger partial charge in [0.15, 0.2) is 0 Å². The topological polar surface area (TPSA) is 86.2 Å². The number of nitrogens with zero attached hydrogens (tertiary/aromatic N) is 5. The van der Waals surface area contributed by atoms with Crippen LogP contribution in [0, 0.1) is 10.1 Å². The van der Waals surface area contributed by atoms with E-state index in [9.17, 15) is 10.1 Å². The van der Waals surface area contributed by atoms with Crippen molar-refractivity contribution >= 4 is 23.2 Å². The normalized spacial score (nSPS) is 12.4. The van der Waals surface area contributed by atoms with Crippen molar-refractivity contribution in [2.45, 2.75) is 17.3 Å². The van der Waals surface area contributed by atoms with Gasteiger partial charge in [-0.1, -0.05) is 23.9 Å². The standard InChI is InChI=1S/C13H11N5O2S/c1-9(10-4-2-5-11(8-10)18(19)20)21-13-15-12-14-6-3-7-17(12)16-13/h2-9H,1H3. The highest BCUT2D eigenvalue weighted by atomic mass is 32.2. The van der Waals surface area contributed by atoms with Gasteiger partial charge in [-0.05, 0) is 18.6 Å². The lowest BCUT2D eigenvalue weighted by atomic mass is 10.1. The molecule has 0 amide bonds. The molecule has 1 aromatic carbocycles. The molecule has 0 aliphatic rings. The van der Waals surface area contributed by atoms with Gasteiger partial charge in [0.1, 0.15) is 0 Å². The first kappa shape index (κ1) is 13.5. The highest BCUT2D eigenvalue weighted by Gasteiger charge is 2.14. The van der Waals surface area contributed by atoms with Crippen LogP contribution in [0.5, 0.6) is 0 Å². The van der Waals surface area contributed by atoms with Crippen LogP contribution in [0.15, 0.2) is 47.9 Å². The predicted molar refractivity (Wildman–Crippen MR) is 78.2 cm³/mol. The van der Waals surface area contributed by atoms with E-state index in [1.807, 2.05) is 13.0 Å². The Morgan fingerprint density at radius 2 is 2.24 bits per heavy atom. The largest absolute Gasteiger partial charge is 0.269 e. The van der Waals surface area contributed by atoms with E-state index in [0.717, 1.165) is 5.56 Å². The number of nitro benzene ring substituents is 1. The molecule has 0 saturated heterocycles. The maximum atomic E-state index is 10.8. The molecule has 0 aliphatic heterocycles. The summed E-state index contributed by atoms with van der Waals surface area (Å²) in [6.07, 6.45) is 3.43. The van der Waals surface area contributed by atoms with E-state index in [-0.39, 0.29) is 10.9 Å². The number of nitro groups is 1. The first-order chi connectivity index (χ1) is 10.1. The molecule has 0 aliphatic carbocycles. The zero-order valence-electron chi connectivity index (χ0n) is 11.1. The Morgan fingerprint density at radius 1 is 1.38 bits per heavy atom. The number of fused-ring (bicyclic) bond motifs is 1. The molecule has 7 nitrogen and oxygen atoms in total. The Hall–Kier alpha value is -2.48. The molecule has 0 saturated carbocycles. The molecular weight excluding hydrogens is 290 g/mol. The molecule has 2 aromatic heterocycles. The van der Waals surface area contributed by atoms with Crippen LogP contribution < -0.4 is 0 Å². The summed E-state index contributed by atoms with van der Waals surface area (Å²) in [4.78, 5) is 18.8. The third-order valence-corrected chi connectivity index (χ3v) is 3.94. The predicted octanol–water partition coefficient (Wildman–Crippen LogP) is 2.89. The van der Waals surface area contributed by atoms with Crippen LogP contribution in [0.2, 0.25) is 0 Å². The van der Waals surface area contributed by atoms with Crippen molar-refractivity contribution in [1.29, 1.82) is 0 Å². The molecule has 106 valence electrons. The van der Waals surface area contributed by atoms with Gasteiger partial charge in [-0.25, -0.2) is 9.50 Å². The molecule has 21 heavy (non-hydrogen) atoms. The van der Waals surface area contributed by atoms with Gasteiger partial charge in [0.25, 0.3) is 11.5 Å². The molecule has 8 heteroatoms. The second-order valence-corrected chi connectivity index (χ2v) is 5.68. The van der Waals surface area contributed by atoms with Crippen molar-refractivity contribution in [2.24, 2.45) is 0 Å². The lowest BCUT2D eigenvalue weighted by molar-refractivity contribution is -0.384. The Balaban J connectivity index is 1.83. The lowest BCUT2D eigenvalue weighted by Gasteiger charge is -2.08. The van der Waals surface area contributed by atoms with Crippen LogP contribution in [0.4, 0.5) is 5.69 Å². The highest BCUT2D eigenvalue weighted by molar-refractivity contribution is 7.99. The van der Waals surface area contributed by atoms with Gasteiger partial charge in [0, 0.05) is 29.8 Å². The van der Waals surface area contributed by atoms with Crippen molar-refractivity contribution < 1.29 is 4.92 Å². The summed E-state index contributed by atoms with van der Waals surface area (Å²) in [7, 11) is 0. The fourth-order valence-corrected chi connectivity index (χ4v) is 2.75. The summed E-state index contributed by atoms with van der Waals surface area (Å²) in [6.45, 7) is 1.96. The van der Waals surface area contributed by atoms with Crippen molar-refractivity contribution in [1.82, 2.24) is 19.6 Å². The van der Waals surface area contributed by atoms with Crippen molar-refractivity contribution in [3.63, 3.8) is 0 Å². The quantitative estimate of drug-likeness (QED) is 0.418. The first-order valence-electron chi connectivity index (χ1n) is 6.22. The molecule has 1 unspecified atom stereocenters. The van der Waals surface area contributed by atoms with Gasteiger partial charge in [0.2, 0.25) is 5.16 Å². The molecule has 2 heterocycles. The highest BCUT2D eigenvalue weighted by Crippen LogP contribution is 2.34. The first-order valence-corrected chi connectivity index (χ1v) is 7.10. The van der Waals surface area contributed by atoms with E-state index < -0.39 is 4.92 Å². The summed E-state index contributed by atoms with van der Waals surface area (Å²) in [6, 6.07) is 8.38. The average Bonchev–Trinajstić information content (AvgIpc) is 2.89. The third-order valence-electron chi connectivity index (χ3n) is 2.93. The van der Waals surface area contributed by atoms with Crippen molar-refractivity contribution in [2.75, 3.05) is 0 Å². The number of non-ortho nitro benzene ring substituents is 1. The summed E-state index contributed by atoms with van der Waals surface area (Å²) in [5, 5.41) is 15.7. The van der Waals surface area contributed by atoms with Gasteiger partial charge in [0.05, 0.1) is 4.92 Å². The van der Waals surface area contributed by atoms with Gasteiger partial charge >= 0.3 is 0 Å². The number of rotatable bonds is 4. The third kappa shape index (κ3) is 2.84. The van der Waals surface area contributed by atoms with E-state index in [1.54, 1.807) is 35.1 Å². The average molecular weight is 301 g/mol. The number of aromatic nitrogens is 4. The molecule has 0 N–H and O–H groups in total. The van der Waals surface area contributed by atoms with Gasteiger partial charge in [-0.15, -0.1) is 5.10 Å². The zero-order chi connectivity index (χ0) is 14.8. The van der Waals surface area contributed by atoms with E-state index in [2.05, 4.69) is 15.1 Å². The van der Waals surface area contributed by atoms with E-state index in [4.69, 9.17) is 0 Å². The second-order valence-electron chi connectivity index (χ2n) is 4.37. The van der Waals surface area contributed by atoms with E-state index >= 15 is 0 Å². The summed E-state index contributed by atoms with van der Waals surface area (Å²) in [5.74, 6) is 0.534. The van der Waals surface area contributed by atoms with E-state index in [0.29, 0.717) is 10.9 Å². The fourth-order valence-electron chi connectivity index (χ4n) is 1.88. The van der Waals surface area contributed by atoms with Gasteiger partial charge in [-0.3, -0.25) is 10.1 Å². The second kappa shape index (κ2) is 5.49. The Bertz CT molecular complexity index is 771. The molecule has 3 aromatic rings. The zero-order valence-corrected chi connectivity index (χ0v) is 11.9. The van der Waals surface area contributed by atoms with Crippen LogP contribution in [-0.2, 0) is 0 Å².